The van der Waals surface area contributed by atoms with Crippen molar-refractivity contribution in [1.29, 1.82) is 0 Å². The molecule has 0 saturated heterocycles. The second kappa shape index (κ2) is 9.46. The van der Waals surface area contributed by atoms with Gasteiger partial charge < -0.3 is 4.57 Å². The maximum Gasteiger partial charge on any atom is 0.254 e. The molecule has 4 rings (SSSR count). The number of halogens is 2. The van der Waals surface area contributed by atoms with Gasteiger partial charge in [0.25, 0.3) is 5.56 Å². The number of pyridine rings is 1. The number of hydrogen-bond acceptors (Lipinski definition) is 2. The molecule has 32 heavy (non-hydrogen) atoms. The molecule has 1 aliphatic heterocycles. The minimum absolute atomic E-state index is 0.0786. The molecule has 3 unspecified atom stereocenters. The lowest BCUT2D eigenvalue weighted by Crippen LogP contribution is -2.47. The zero-order valence-electron chi connectivity index (χ0n) is 18.1. The summed E-state index contributed by atoms with van der Waals surface area (Å²) in [7, 11) is -1.28. The van der Waals surface area contributed by atoms with Gasteiger partial charge >= 0.3 is 0 Å². The van der Waals surface area contributed by atoms with Crippen molar-refractivity contribution in [3.63, 3.8) is 0 Å². The Bertz CT molecular complexity index is 1220. The molecule has 4 nitrogen and oxygen atoms in total. The normalized spacial score (nSPS) is 18.9. The Morgan fingerprint density at radius 1 is 1.09 bits per heavy atom. The van der Waals surface area contributed by atoms with E-state index in [1.807, 2.05) is 19.1 Å². The Kier molecular flexibility index (Phi) is 6.67. The van der Waals surface area contributed by atoms with Gasteiger partial charge in [0.15, 0.2) is 0 Å². The van der Waals surface area contributed by atoms with Gasteiger partial charge in [-0.2, -0.15) is 0 Å². The Morgan fingerprint density at radius 3 is 2.59 bits per heavy atom. The second-order valence-corrected chi connectivity index (χ2v) is 9.30. The topological polar surface area (TPSA) is 51.1 Å². The number of rotatable bonds is 6. The molecule has 0 radical (unpaired) electrons. The molecule has 3 aromatic rings. The summed E-state index contributed by atoms with van der Waals surface area (Å²) in [6, 6.07) is 14.1. The van der Waals surface area contributed by atoms with E-state index in [0.717, 1.165) is 5.69 Å². The van der Waals surface area contributed by atoms with E-state index in [2.05, 4.69) is 4.72 Å². The summed E-state index contributed by atoms with van der Waals surface area (Å²) in [5, 5.41) is 0. The number of nitrogens with one attached hydrogen (secondary N) is 1. The van der Waals surface area contributed by atoms with Gasteiger partial charge in [-0.25, -0.2) is 17.7 Å². The highest BCUT2D eigenvalue weighted by atomic mass is 32.2. The molecular weight excluding hydrogens is 430 g/mol. The lowest BCUT2D eigenvalue weighted by molar-refractivity contribution is 0.315. The average Bonchev–Trinajstić information content (AvgIpc) is 2.76. The van der Waals surface area contributed by atoms with Crippen LogP contribution in [0.4, 0.5) is 8.78 Å². The smallest absolute Gasteiger partial charge is 0.254 e. The van der Waals surface area contributed by atoms with E-state index in [1.54, 1.807) is 41.2 Å². The minimum atomic E-state index is -1.28. The van der Waals surface area contributed by atoms with Crippen LogP contribution in [0.5, 0.6) is 0 Å². The van der Waals surface area contributed by atoms with Gasteiger partial charge in [0.05, 0.1) is 17.0 Å². The molecule has 0 amide bonds. The number of hydrogen-bond donors (Lipinski definition) is 1. The van der Waals surface area contributed by atoms with Crippen LogP contribution in [0.3, 0.4) is 0 Å². The van der Waals surface area contributed by atoms with Crippen LogP contribution in [0, 0.1) is 11.6 Å². The predicted molar refractivity (Wildman–Crippen MR) is 124 cm³/mol. The fourth-order valence-corrected chi connectivity index (χ4v) is 5.27. The summed E-state index contributed by atoms with van der Waals surface area (Å²) in [5.74, 6) is -0.858. The molecule has 0 saturated carbocycles. The molecule has 168 valence electrons. The van der Waals surface area contributed by atoms with E-state index in [-0.39, 0.29) is 24.1 Å². The highest BCUT2D eigenvalue weighted by Crippen LogP contribution is 2.31. The number of benzene rings is 2. The summed E-state index contributed by atoms with van der Waals surface area (Å²) < 4.78 is 46.1. The number of aryl methyl sites for hydroxylation is 2. The molecule has 0 fully saturated rings. The summed E-state index contributed by atoms with van der Waals surface area (Å²) in [6.07, 6.45) is 3.79. The highest BCUT2D eigenvalue weighted by molar-refractivity contribution is 7.82. The molecule has 2 aromatic carbocycles. The van der Waals surface area contributed by atoms with Crippen LogP contribution < -0.4 is 10.3 Å². The molecule has 1 aromatic heterocycles. The van der Waals surface area contributed by atoms with E-state index in [0.29, 0.717) is 41.5 Å². The fourth-order valence-electron chi connectivity index (χ4n) is 4.57. The van der Waals surface area contributed by atoms with Crippen molar-refractivity contribution in [2.45, 2.75) is 44.7 Å². The molecule has 3 atom stereocenters. The zero-order valence-corrected chi connectivity index (χ0v) is 18.9. The van der Waals surface area contributed by atoms with Gasteiger partial charge in [-0.1, -0.05) is 43.3 Å². The minimum Gasteiger partial charge on any atom is -0.307 e. The number of fused-ring (bicyclic) bond motifs is 1. The monoisotopic (exact) mass is 456 g/mol. The first-order chi connectivity index (χ1) is 15.4. The van der Waals surface area contributed by atoms with Gasteiger partial charge in [0.1, 0.15) is 11.6 Å². The zero-order chi connectivity index (χ0) is 22.8. The number of aromatic nitrogens is 1. The van der Waals surface area contributed by atoms with Crippen LogP contribution in [-0.4, -0.2) is 21.1 Å². The third-order valence-electron chi connectivity index (χ3n) is 6.13. The first kappa shape index (κ1) is 22.6. The summed E-state index contributed by atoms with van der Waals surface area (Å²) in [4.78, 5) is 13.2. The van der Waals surface area contributed by atoms with E-state index >= 15 is 4.39 Å². The Hall–Kier alpha value is -2.64. The predicted octanol–water partition coefficient (Wildman–Crippen LogP) is 4.34. The van der Waals surface area contributed by atoms with E-state index in [4.69, 9.17) is 0 Å². The van der Waals surface area contributed by atoms with Gasteiger partial charge in [0.2, 0.25) is 0 Å². The third kappa shape index (κ3) is 4.45. The maximum atomic E-state index is 15.6. The van der Waals surface area contributed by atoms with E-state index in [1.165, 1.54) is 12.1 Å². The van der Waals surface area contributed by atoms with Crippen molar-refractivity contribution in [2.75, 3.05) is 6.26 Å². The maximum absolute atomic E-state index is 15.6. The second-order valence-electron chi connectivity index (χ2n) is 8.16. The van der Waals surface area contributed by atoms with Crippen LogP contribution in [-0.2, 0) is 30.2 Å². The SMILES string of the molecule is CCc1ccc2n(c1=O)C(Cc1cccc(-c3cccc(F)c3)c1F)C(NS(C)=O)CC2. The summed E-state index contributed by atoms with van der Waals surface area (Å²) in [6.45, 7) is 1.93. The van der Waals surface area contributed by atoms with Crippen LogP contribution in [0.15, 0.2) is 59.4 Å². The van der Waals surface area contributed by atoms with Crippen LogP contribution in [0.25, 0.3) is 11.1 Å². The largest absolute Gasteiger partial charge is 0.307 e. The molecule has 1 aliphatic rings. The molecule has 1 N–H and O–H groups in total. The third-order valence-corrected chi connectivity index (χ3v) is 6.76. The van der Waals surface area contributed by atoms with Crippen molar-refractivity contribution in [2.24, 2.45) is 0 Å². The van der Waals surface area contributed by atoms with Crippen LogP contribution in [0.2, 0.25) is 0 Å². The molecule has 2 heterocycles. The molecule has 0 spiro atoms. The van der Waals surface area contributed by atoms with Crippen LogP contribution in [0.1, 0.15) is 36.2 Å². The molecular formula is C25H26F2N2O2S. The Labute approximate surface area is 188 Å². The van der Waals surface area contributed by atoms with Gasteiger partial charge in [0, 0.05) is 29.1 Å². The van der Waals surface area contributed by atoms with Gasteiger partial charge in [-0.15, -0.1) is 0 Å². The fraction of sp³-hybridized carbons (Fsp3) is 0.320. The van der Waals surface area contributed by atoms with Crippen LogP contribution >= 0.6 is 0 Å². The van der Waals surface area contributed by atoms with E-state index < -0.39 is 22.6 Å². The van der Waals surface area contributed by atoms with Gasteiger partial charge in [-0.05, 0) is 55.0 Å². The standard InChI is InChI=1S/C25H26F2N2O2S/c1-3-16-10-11-20-12-13-22(28-32(2)31)23(29(20)25(16)30)15-18-7-5-9-21(24(18)27)17-6-4-8-19(26)14-17/h4-11,14,22-23,28H,3,12-13,15H2,1-2H3. The molecule has 0 aliphatic carbocycles. The Morgan fingerprint density at radius 2 is 1.88 bits per heavy atom. The first-order valence-corrected chi connectivity index (χ1v) is 12.3. The van der Waals surface area contributed by atoms with E-state index in [9.17, 15) is 13.4 Å². The average molecular weight is 457 g/mol. The number of nitrogens with zero attached hydrogens (tertiary/aromatic N) is 1. The molecule has 0 bridgehead atoms. The summed E-state index contributed by atoms with van der Waals surface area (Å²) >= 11 is 0. The molecule has 7 heteroatoms. The summed E-state index contributed by atoms with van der Waals surface area (Å²) in [5.41, 5.74) is 2.74. The van der Waals surface area contributed by atoms with Gasteiger partial charge in [-0.3, -0.25) is 4.79 Å². The first-order valence-electron chi connectivity index (χ1n) is 10.7. The Balaban J connectivity index is 1.79. The van der Waals surface area contributed by atoms with Crippen molar-refractivity contribution in [1.82, 2.24) is 9.29 Å². The lowest BCUT2D eigenvalue weighted by Gasteiger charge is -2.36. The van der Waals surface area contributed by atoms with Crippen molar-refractivity contribution in [3.8, 4) is 11.1 Å². The lowest BCUT2D eigenvalue weighted by atomic mass is 9.89. The quantitative estimate of drug-likeness (QED) is 0.600. The highest BCUT2D eigenvalue weighted by Gasteiger charge is 2.32. The van der Waals surface area contributed by atoms with Crippen molar-refractivity contribution in [3.05, 3.63) is 93.4 Å². The van der Waals surface area contributed by atoms with Crippen molar-refractivity contribution >= 4 is 11.0 Å². The van der Waals surface area contributed by atoms with Crippen molar-refractivity contribution < 1.29 is 13.0 Å².